The maximum atomic E-state index is 6.27. The van der Waals surface area contributed by atoms with Gasteiger partial charge in [0.2, 0.25) is 5.95 Å². The van der Waals surface area contributed by atoms with E-state index >= 15 is 0 Å². The van der Waals surface area contributed by atoms with E-state index in [1.54, 1.807) is 12.3 Å². The van der Waals surface area contributed by atoms with Gasteiger partial charge in [0, 0.05) is 29.2 Å². The molecular formula is C16H18Cl3N5. The van der Waals surface area contributed by atoms with Crippen molar-refractivity contribution < 1.29 is 0 Å². The molecule has 0 bridgehead atoms. The number of hydrogen-bond acceptors (Lipinski definition) is 5. The summed E-state index contributed by atoms with van der Waals surface area (Å²) < 4.78 is 0. The fourth-order valence-corrected chi connectivity index (χ4v) is 3.29. The van der Waals surface area contributed by atoms with E-state index in [2.05, 4.69) is 25.5 Å². The molecule has 3 rings (SSSR count). The van der Waals surface area contributed by atoms with Gasteiger partial charge in [0.05, 0.1) is 12.2 Å². The number of rotatable bonds is 5. The van der Waals surface area contributed by atoms with Crippen LogP contribution in [0, 0.1) is 0 Å². The summed E-state index contributed by atoms with van der Waals surface area (Å²) in [4.78, 5) is 11.0. The highest BCUT2D eigenvalue weighted by molar-refractivity contribution is 6.35. The Bertz CT molecular complexity index is 734. The fraction of sp³-hybridized carbons (Fsp3) is 0.375. The van der Waals surface area contributed by atoms with Crippen molar-refractivity contribution in [3.63, 3.8) is 0 Å². The summed E-state index contributed by atoms with van der Waals surface area (Å²) in [6.07, 6.45) is 1.62. The van der Waals surface area contributed by atoms with E-state index in [1.165, 1.54) is 0 Å². The van der Waals surface area contributed by atoms with E-state index in [1.807, 2.05) is 26.1 Å². The zero-order chi connectivity index (χ0) is 17.3. The van der Waals surface area contributed by atoms with Gasteiger partial charge in [0.1, 0.15) is 5.02 Å². The molecule has 1 aliphatic rings. The van der Waals surface area contributed by atoms with Crippen LogP contribution >= 0.6 is 34.8 Å². The Morgan fingerprint density at radius 2 is 1.96 bits per heavy atom. The fourth-order valence-electron chi connectivity index (χ4n) is 2.57. The van der Waals surface area contributed by atoms with E-state index in [9.17, 15) is 0 Å². The van der Waals surface area contributed by atoms with Gasteiger partial charge in [0.15, 0.2) is 5.82 Å². The molecular weight excluding hydrogens is 369 g/mol. The van der Waals surface area contributed by atoms with Crippen LogP contribution in [0.25, 0.3) is 0 Å². The third-order valence-electron chi connectivity index (χ3n) is 4.09. The molecule has 1 fully saturated rings. The van der Waals surface area contributed by atoms with Crippen LogP contribution in [-0.4, -0.2) is 36.1 Å². The van der Waals surface area contributed by atoms with E-state index < -0.39 is 0 Å². The Morgan fingerprint density at radius 3 is 2.62 bits per heavy atom. The van der Waals surface area contributed by atoms with E-state index in [4.69, 9.17) is 34.8 Å². The summed E-state index contributed by atoms with van der Waals surface area (Å²) in [5.74, 6) is 1.26. The van der Waals surface area contributed by atoms with E-state index in [-0.39, 0.29) is 6.04 Å². The minimum Gasteiger partial charge on any atom is -0.362 e. The lowest BCUT2D eigenvalue weighted by Crippen LogP contribution is -2.57. The van der Waals surface area contributed by atoms with Crippen LogP contribution in [0.4, 0.5) is 11.8 Å². The van der Waals surface area contributed by atoms with Gasteiger partial charge in [-0.15, -0.1) is 0 Å². The summed E-state index contributed by atoms with van der Waals surface area (Å²) in [7, 11) is 1.95. The first-order chi connectivity index (χ1) is 11.5. The van der Waals surface area contributed by atoms with Crippen molar-refractivity contribution >= 4 is 46.6 Å². The lowest BCUT2D eigenvalue weighted by molar-refractivity contribution is 0.443. The molecule has 0 radical (unpaired) electrons. The second kappa shape index (κ2) is 7.31. The smallest absolute Gasteiger partial charge is 0.227 e. The Hall–Kier alpha value is -1.27. The highest BCUT2D eigenvalue weighted by Crippen LogP contribution is 2.31. The van der Waals surface area contributed by atoms with Gasteiger partial charge in [-0.3, -0.25) is 0 Å². The number of aromatic nitrogens is 2. The minimum atomic E-state index is -0.0727. The predicted molar refractivity (Wildman–Crippen MR) is 101 cm³/mol. The first-order valence-electron chi connectivity index (χ1n) is 7.64. The third-order valence-corrected chi connectivity index (χ3v) is 4.93. The molecule has 1 aromatic heterocycles. The Labute approximate surface area is 156 Å². The Morgan fingerprint density at radius 1 is 1.21 bits per heavy atom. The lowest BCUT2D eigenvalue weighted by atomic mass is 10.1. The van der Waals surface area contributed by atoms with Crippen molar-refractivity contribution in [1.82, 2.24) is 15.3 Å². The van der Waals surface area contributed by atoms with Gasteiger partial charge in [-0.05, 0) is 31.7 Å². The van der Waals surface area contributed by atoms with Crippen LogP contribution in [0.3, 0.4) is 0 Å². The summed E-state index contributed by atoms with van der Waals surface area (Å²) in [5.41, 5.74) is 0.927. The molecule has 1 aliphatic heterocycles. The van der Waals surface area contributed by atoms with Gasteiger partial charge in [-0.25, -0.2) is 4.98 Å². The summed E-state index contributed by atoms with van der Waals surface area (Å²) in [6.45, 7) is 3.76. The molecule has 0 aliphatic carbocycles. The molecule has 8 heteroatoms. The number of likely N-dealkylation sites (N-methyl/N-ethyl adjacent to an activating group) is 1. The van der Waals surface area contributed by atoms with Gasteiger partial charge in [-0.2, -0.15) is 4.98 Å². The average Bonchev–Trinajstić information content (AvgIpc) is 2.49. The SMILES string of the molecule is CNC1CN(c2ncc(Cl)c(NC(C)c3ccc(Cl)cc3Cl)n2)C1. The van der Waals surface area contributed by atoms with Gasteiger partial charge >= 0.3 is 0 Å². The van der Waals surface area contributed by atoms with Crippen molar-refractivity contribution in [2.24, 2.45) is 0 Å². The molecule has 1 aromatic carbocycles. The van der Waals surface area contributed by atoms with Crippen molar-refractivity contribution in [2.75, 3.05) is 30.4 Å². The normalized spacial score (nSPS) is 16.0. The highest BCUT2D eigenvalue weighted by Gasteiger charge is 2.27. The minimum absolute atomic E-state index is 0.0727. The van der Waals surface area contributed by atoms with E-state index in [0.717, 1.165) is 18.7 Å². The molecule has 2 heterocycles. The van der Waals surface area contributed by atoms with Crippen molar-refractivity contribution in [1.29, 1.82) is 0 Å². The number of halogens is 3. The van der Waals surface area contributed by atoms with Crippen molar-refractivity contribution in [3.05, 3.63) is 45.0 Å². The molecule has 128 valence electrons. The average molecular weight is 387 g/mol. The van der Waals surface area contributed by atoms with Gasteiger partial charge < -0.3 is 15.5 Å². The number of nitrogens with one attached hydrogen (secondary N) is 2. The van der Waals surface area contributed by atoms with Crippen LogP contribution in [-0.2, 0) is 0 Å². The molecule has 1 saturated heterocycles. The Balaban J connectivity index is 1.76. The van der Waals surface area contributed by atoms with Gasteiger partial charge in [-0.1, -0.05) is 40.9 Å². The van der Waals surface area contributed by atoms with Crippen LogP contribution < -0.4 is 15.5 Å². The molecule has 24 heavy (non-hydrogen) atoms. The predicted octanol–water partition coefficient (Wildman–Crippen LogP) is 4.02. The Kier molecular flexibility index (Phi) is 5.35. The summed E-state index contributed by atoms with van der Waals surface area (Å²) in [5, 5.41) is 8.21. The van der Waals surface area contributed by atoms with E-state index in [0.29, 0.717) is 32.9 Å². The molecule has 1 unspecified atom stereocenters. The quantitative estimate of drug-likeness (QED) is 0.813. The first kappa shape index (κ1) is 17.5. The maximum absolute atomic E-state index is 6.27. The van der Waals surface area contributed by atoms with Crippen LogP contribution in [0.5, 0.6) is 0 Å². The number of hydrogen-bond donors (Lipinski definition) is 2. The summed E-state index contributed by atoms with van der Waals surface area (Å²) >= 11 is 18.5. The number of benzene rings is 1. The highest BCUT2D eigenvalue weighted by atomic mass is 35.5. The largest absolute Gasteiger partial charge is 0.362 e. The molecule has 0 amide bonds. The molecule has 2 N–H and O–H groups in total. The van der Waals surface area contributed by atoms with Crippen molar-refractivity contribution in [2.45, 2.75) is 19.0 Å². The van der Waals surface area contributed by atoms with Crippen LogP contribution in [0.1, 0.15) is 18.5 Å². The van der Waals surface area contributed by atoms with Crippen LogP contribution in [0.2, 0.25) is 15.1 Å². The zero-order valence-corrected chi connectivity index (χ0v) is 15.6. The first-order valence-corrected chi connectivity index (χ1v) is 8.77. The van der Waals surface area contributed by atoms with Crippen LogP contribution in [0.15, 0.2) is 24.4 Å². The molecule has 0 saturated carbocycles. The lowest BCUT2D eigenvalue weighted by Gasteiger charge is -2.39. The monoisotopic (exact) mass is 385 g/mol. The number of nitrogens with zero attached hydrogens (tertiary/aromatic N) is 3. The second-order valence-electron chi connectivity index (χ2n) is 5.79. The number of anilines is 2. The second-order valence-corrected chi connectivity index (χ2v) is 7.04. The third kappa shape index (κ3) is 3.70. The summed E-state index contributed by atoms with van der Waals surface area (Å²) in [6, 6.07) is 5.84. The topological polar surface area (TPSA) is 53.1 Å². The maximum Gasteiger partial charge on any atom is 0.227 e. The van der Waals surface area contributed by atoms with Crippen molar-refractivity contribution in [3.8, 4) is 0 Å². The standard InChI is InChI=1S/C16H18Cl3N5/c1-9(12-4-3-10(17)5-13(12)18)22-15-14(19)6-21-16(23-15)24-7-11(8-24)20-2/h3-6,9,11,20H,7-8H2,1-2H3,(H,21,22,23). The molecule has 2 aromatic rings. The molecule has 1 atom stereocenters. The zero-order valence-electron chi connectivity index (χ0n) is 13.4. The molecule has 5 nitrogen and oxygen atoms in total. The molecule has 0 spiro atoms. The van der Waals surface area contributed by atoms with Gasteiger partial charge in [0.25, 0.3) is 0 Å².